The summed E-state index contributed by atoms with van der Waals surface area (Å²) < 4.78 is 65.5. The van der Waals surface area contributed by atoms with E-state index in [0.29, 0.717) is 21.6 Å². The van der Waals surface area contributed by atoms with Crippen molar-refractivity contribution >= 4 is 28.4 Å². The van der Waals surface area contributed by atoms with Gasteiger partial charge in [0, 0.05) is 23.0 Å². The summed E-state index contributed by atoms with van der Waals surface area (Å²) in [6.07, 6.45) is -1.55. The lowest BCUT2D eigenvalue weighted by atomic mass is 9.84. The molecule has 172 valence electrons. The van der Waals surface area contributed by atoms with Crippen LogP contribution in [0.15, 0.2) is 41.1 Å². The van der Waals surface area contributed by atoms with Crippen LogP contribution < -0.4 is 0 Å². The predicted octanol–water partition coefficient (Wildman–Crippen LogP) is 5.95. The zero-order valence-electron chi connectivity index (χ0n) is 17.5. The Morgan fingerprint density at radius 3 is 2.53 bits per heavy atom. The van der Waals surface area contributed by atoms with Crippen LogP contribution in [0, 0.1) is 22.0 Å². The molecule has 2 aromatic heterocycles. The topological polar surface area (TPSA) is 67.9 Å². The van der Waals surface area contributed by atoms with E-state index < -0.39 is 24.1 Å². The van der Waals surface area contributed by atoms with Crippen LogP contribution in [0.5, 0.6) is 0 Å². The van der Waals surface area contributed by atoms with Crippen LogP contribution in [0.25, 0.3) is 16.6 Å². The standard InChI is InChI=1S/C21H20F5N4OS/c1-4-32-17-8-14(19(2,3)11-27)10-30(31)18(17)15-7-13-5-6-29(16(13)9-28-15)12-20(22,23)21(24,25)26/h5-9H,4,10,12H2,1-3H3/q-1. The highest BCUT2D eigenvalue weighted by Gasteiger charge is 2.57. The van der Waals surface area contributed by atoms with E-state index in [2.05, 4.69) is 11.1 Å². The molecule has 3 heterocycles. The zero-order chi connectivity index (χ0) is 23.9. The first-order chi connectivity index (χ1) is 14.8. The van der Waals surface area contributed by atoms with Gasteiger partial charge in [0.05, 0.1) is 41.1 Å². The van der Waals surface area contributed by atoms with Gasteiger partial charge < -0.3 is 14.8 Å². The molecule has 32 heavy (non-hydrogen) atoms. The third-order valence-corrected chi connectivity index (χ3v) is 6.08. The van der Waals surface area contributed by atoms with Gasteiger partial charge in [0.2, 0.25) is 0 Å². The molecule has 11 heteroatoms. The van der Waals surface area contributed by atoms with Crippen LogP contribution in [0.2, 0.25) is 0 Å². The lowest BCUT2D eigenvalue weighted by Gasteiger charge is -2.40. The molecular formula is C21H20F5N4OS-. The summed E-state index contributed by atoms with van der Waals surface area (Å²) in [5.74, 6) is -4.25. The molecule has 0 radical (unpaired) electrons. The Bertz CT molecular complexity index is 1130. The number of hydrogen-bond donors (Lipinski definition) is 0. The SMILES string of the molecule is CCSC1=C(c2cc3ccn(CC(F)(F)C(F)(F)F)c3cn2)N([O-])CC(C(C)(C)C#N)=C1. The molecule has 0 N–H and O–H groups in total. The predicted molar refractivity (Wildman–Crippen MR) is 113 cm³/mol. The van der Waals surface area contributed by atoms with Crippen LogP contribution in [0.1, 0.15) is 26.5 Å². The van der Waals surface area contributed by atoms with E-state index in [0.717, 1.165) is 15.8 Å². The van der Waals surface area contributed by atoms with Gasteiger partial charge >= 0.3 is 12.1 Å². The summed E-state index contributed by atoms with van der Waals surface area (Å²) in [7, 11) is 0. The van der Waals surface area contributed by atoms with Gasteiger partial charge in [-0.2, -0.15) is 27.2 Å². The summed E-state index contributed by atoms with van der Waals surface area (Å²) in [4.78, 5) is 4.80. The number of allylic oxidation sites excluding steroid dienone is 1. The molecule has 0 aliphatic carbocycles. The largest absolute Gasteiger partial charge is 0.758 e. The first kappa shape index (κ1) is 24.1. The summed E-state index contributed by atoms with van der Waals surface area (Å²) in [6, 6.07) is 5.07. The van der Waals surface area contributed by atoms with E-state index in [1.165, 1.54) is 30.1 Å². The van der Waals surface area contributed by atoms with Gasteiger partial charge in [0.25, 0.3) is 0 Å². The van der Waals surface area contributed by atoms with E-state index in [-0.39, 0.29) is 23.5 Å². The minimum absolute atomic E-state index is 0.0395. The molecule has 1 aliphatic rings. The molecule has 0 aromatic carbocycles. The Hall–Kier alpha value is -2.58. The summed E-state index contributed by atoms with van der Waals surface area (Å²) in [5.41, 5.74) is 0.444. The number of alkyl halides is 5. The molecule has 5 nitrogen and oxygen atoms in total. The smallest absolute Gasteiger partial charge is 0.455 e. The molecule has 0 atom stereocenters. The fourth-order valence-corrected chi connectivity index (χ4v) is 4.14. The van der Waals surface area contributed by atoms with E-state index in [4.69, 9.17) is 0 Å². The molecule has 2 aromatic rings. The molecular weight excluding hydrogens is 451 g/mol. The van der Waals surface area contributed by atoms with Gasteiger partial charge in [-0.05, 0) is 43.4 Å². The quantitative estimate of drug-likeness (QED) is 0.488. The highest BCUT2D eigenvalue weighted by Crippen LogP contribution is 2.40. The molecule has 0 unspecified atom stereocenters. The Morgan fingerprint density at radius 1 is 1.25 bits per heavy atom. The summed E-state index contributed by atoms with van der Waals surface area (Å²) >= 11 is 1.39. The minimum Gasteiger partial charge on any atom is -0.758 e. The van der Waals surface area contributed by atoms with Crippen LogP contribution in [-0.4, -0.2) is 39.0 Å². The molecule has 0 saturated heterocycles. The van der Waals surface area contributed by atoms with Gasteiger partial charge in [-0.15, -0.1) is 11.8 Å². The molecule has 0 amide bonds. The molecule has 1 aliphatic heterocycles. The van der Waals surface area contributed by atoms with Crippen molar-refractivity contribution in [2.24, 2.45) is 5.41 Å². The highest BCUT2D eigenvalue weighted by molar-refractivity contribution is 8.03. The van der Waals surface area contributed by atoms with Crippen molar-refractivity contribution in [1.29, 1.82) is 5.26 Å². The van der Waals surface area contributed by atoms with Crippen molar-refractivity contribution in [2.45, 2.75) is 39.4 Å². The van der Waals surface area contributed by atoms with Crippen molar-refractivity contribution in [2.75, 3.05) is 12.3 Å². The van der Waals surface area contributed by atoms with E-state index in [9.17, 15) is 32.4 Å². The normalized spacial score (nSPS) is 15.9. The number of aromatic nitrogens is 2. The second kappa shape index (κ2) is 8.41. The maximum absolute atomic E-state index is 13.5. The maximum Gasteiger partial charge on any atom is 0.455 e. The van der Waals surface area contributed by atoms with Crippen molar-refractivity contribution in [3.05, 3.63) is 52.0 Å². The first-order valence-corrected chi connectivity index (χ1v) is 10.6. The maximum atomic E-state index is 13.5. The number of thioether (sulfide) groups is 1. The molecule has 0 fully saturated rings. The van der Waals surface area contributed by atoms with Gasteiger partial charge in [-0.3, -0.25) is 4.98 Å². The van der Waals surface area contributed by atoms with Crippen LogP contribution in [0.3, 0.4) is 0 Å². The van der Waals surface area contributed by atoms with E-state index in [1.807, 2.05) is 6.92 Å². The number of nitrogens with zero attached hydrogens (tertiary/aromatic N) is 4. The van der Waals surface area contributed by atoms with E-state index >= 15 is 0 Å². The van der Waals surface area contributed by atoms with Gasteiger partial charge in [0.1, 0.15) is 0 Å². The number of rotatable bonds is 6. The third-order valence-electron chi connectivity index (χ3n) is 5.17. The number of nitriles is 1. The van der Waals surface area contributed by atoms with Crippen molar-refractivity contribution in [3.8, 4) is 6.07 Å². The Kier molecular flexibility index (Phi) is 6.32. The average Bonchev–Trinajstić information content (AvgIpc) is 3.08. The molecule has 0 saturated carbocycles. The highest BCUT2D eigenvalue weighted by atomic mass is 32.2. The van der Waals surface area contributed by atoms with Gasteiger partial charge in [-0.1, -0.05) is 6.92 Å². The van der Waals surface area contributed by atoms with Crippen LogP contribution in [0.4, 0.5) is 22.0 Å². The monoisotopic (exact) mass is 471 g/mol. The Morgan fingerprint density at radius 2 is 1.94 bits per heavy atom. The second-order valence-electron chi connectivity index (χ2n) is 7.86. The number of pyridine rings is 1. The molecule has 0 bridgehead atoms. The molecule has 0 spiro atoms. The number of hydroxylamine groups is 2. The first-order valence-electron chi connectivity index (χ1n) is 9.64. The van der Waals surface area contributed by atoms with Gasteiger partial charge in [-0.25, -0.2) is 0 Å². The van der Waals surface area contributed by atoms with Crippen molar-refractivity contribution < 1.29 is 22.0 Å². The fraction of sp³-hybridized carbons (Fsp3) is 0.429. The number of hydrogen-bond acceptors (Lipinski definition) is 5. The summed E-state index contributed by atoms with van der Waals surface area (Å²) in [5, 5.41) is 23.4. The van der Waals surface area contributed by atoms with Crippen molar-refractivity contribution in [3.63, 3.8) is 0 Å². The van der Waals surface area contributed by atoms with E-state index in [1.54, 1.807) is 19.9 Å². The van der Waals surface area contributed by atoms with Crippen LogP contribution >= 0.6 is 11.8 Å². The lowest BCUT2D eigenvalue weighted by molar-refractivity contribution is -0.286. The molecule has 3 rings (SSSR count). The second-order valence-corrected chi connectivity index (χ2v) is 9.17. The lowest BCUT2D eigenvalue weighted by Crippen LogP contribution is -2.40. The van der Waals surface area contributed by atoms with Crippen molar-refractivity contribution in [1.82, 2.24) is 14.6 Å². The zero-order valence-corrected chi connectivity index (χ0v) is 18.3. The summed E-state index contributed by atoms with van der Waals surface area (Å²) in [6.45, 7) is 3.73. The van der Waals surface area contributed by atoms with Gasteiger partial charge in [0.15, 0.2) is 0 Å². The Balaban J connectivity index is 2.05. The number of fused-ring (bicyclic) bond motifs is 1. The third kappa shape index (κ3) is 4.47. The fourth-order valence-electron chi connectivity index (χ4n) is 3.26. The number of halogens is 5. The average molecular weight is 471 g/mol. The Labute approximate surface area is 185 Å². The minimum atomic E-state index is -5.67. The van der Waals surface area contributed by atoms with Crippen LogP contribution in [-0.2, 0) is 6.54 Å².